The molecule has 3 aliphatic carbocycles. The van der Waals surface area contributed by atoms with Gasteiger partial charge >= 0.3 is 0 Å². The third-order valence-corrected chi connectivity index (χ3v) is 9.17. The summed E-state index contributed by atoms with van der Waals surface area (Å²) >= 11 is 0. The number of allylic oxidation sites excluding steroid dienone is 2. The van der Waals surface area contributed by atoms with Crippen LogP contribution >= 0.6 is 0 Å². The lowest BCUT2D eigenvalue weighted by Crippen LogP contribution is -2.99. The lowest BCUT2D eigenvalue weighted by atomic mass is 9.45. The third-order valence-electron chi connectivity index (χ3n) is 9.17. The second-order valence-electron chi connectivity index (χ2n) is 11.0. The van der Waals surface area contributed by atoms with E-state index in [1.54, 1.807) is 42.5 Å². The molecule has 2 bridgehead atoms. The molecule has 1 saturated carbocycles. The van der Waals surface area contributed by atoms with Crippen LogP contribution < -0.4 is 20.3 Å². The molecule has 5 aliphatic rings. The van der Waals surface area contributed by atoms with Crippen LogP contribution in [0.2, 0.25) is 0 Å². The Morgan fingerprint density at radius 3 is 1.45 bits per heavy atom. The highest BCUT2D eigenvalue weighted by Crippen LogP contribution is 2.65. The maximum atomic E-state index is 14.3. The van der Waals surface area contributed by atoms with E-state index in [9.17, 15) is 40.0 Å². The van der Waals surface area contributed by atoms with Crippen LogP contribution in [0.4, 0.5) is 22.7 Å². The fourth-order valence-corrected chi connectivity index (χ4v) is 7.49. The number of rotatable bonds is 5. The number of hydrogen-bond acceptors (Lipinski definition) is 8. The molecule has 2 heterocycles. The van der Waals surface area contributed by atoms with Crippen molar-refractivity contribution in [3.63, 3.8) is 0 Å². The number of nitrogens with zero attached hydrogens (tertiary/aromatic N) is 2. The summed E-state index contributed by atoms with van der Waals surface area (Å²) in [7, 11) is 0. The Kier molecular flexibility index (Phi) is 5.79. The molecule has 0 spiro atoms. The first-order valence-electron chi connectivity index (χ1n) is 13.3. The van der Waals surface area contributed by atoms with Crippen LogP contribution in [0.1, 0.15) is 5.56 Å². The van der Waals surface area contributed by atoms with Gasteiger partial charge in [0.2, 0.25) is 23.6 Å². The van der Waals surface area contributed by atoms with Crippen molar-refractivity contribution in [3.8, 4) is 0 Å². The van der Waals surface area contributed by atoms with Gasteiger partial charge in [-0.3, -0.25) is 19.2 Å². The van der Waals surface area contributed by atoms with Crippen LogP contribution in [0.5, 0.6) is 0 Å². The lowest BCUT2D eigenvalue weighted by Gasteiger charge is -2.53. The minimum absolute atomic E-state index is 0.0000394. The highest BCUT2D eigenvalue weighted by Gasteiger charge is 2.75. The standard InChI is InChI=1S/C30H24N4O8/c35-26-22-21-14-15-30(16-4-2-1-3-5-16,24(22)28(37)31(26)17-6-10-19(11-7-17)33(39)40)25-23(21)27(36)32(29(25)38)18-8-12-20(13-9-18)34(41)42/h1-15,21-25,33-34,39,41H/t21?,22-,23+,24+,25-,30?. The predicted octanol–water partition coefficient (Wildman–Crippen LogP) is 0.542. The summed E-state index contributed by atoms with van der Waals surface area (Å²) in [6.45, 7) is 0. The molecule has 42 heavy (non-hydrogen) atoms. The first kappa shape index (κ1) is 26.3. The van der Waals surface area contributed by atoms with Crippen molar-refractivity contribution in [1.82, 2.24) is 0 Å². The molecule has 3 aromatic carbocycles. The summed E-state index contributed by atoms with van der Waals surface area (Å²) in [6.07, 6.45) is 3.58. The van der Waals surface area contributed by atoms with E-state index < -0.39 is 69.1 Å². The van der Waals surface area contributed by atoms with E-state index in [0.29, 0.717) is 5.56 Å². The van der Waals surface area contributed by atoms with Gasteiger partial charge in [-0.1, -0.05) is 42.5 Å². The second-order valence-corrected chi connectivity index (χ2v) is 11.0. The quantitative estimate of drug-likeness (QED) is 0.196. The number of anilines is 2. The zero-order valence-corrected chi connectivity index (χ0v) is 21.8. The Hall–Kier alpha value is -4.56. The average molecular weight is 569 g/mol. The van der Waals surface area contributed by atoms with Crippen LogP contribution in [0.15, 0.2) is 91.0 Å². The number of imide groups is 2. The van der Waals surface area contributed by atoms with Gasteiger partial charge in [-0.25, -0.2) is 20.2 Å². The fraction of sp³-hybridized carbons (Fsp3) is 0.200. The Morgan fingerprint density at radius 2 is 1.05 bits per heavy atom. The van der Waals surface area contributed by atoms with Gasteiger partial charge in [0.1, 0.15) is 0 Å². The molecule has 4 amide bonds. The number of benzene rings is 3. The van der Waals surface area contributed by atoms with Crippen LogP contribution in [0.3, 0.4) is 0 Å². The average Bonchev–Trinajstić information content (AvgIpc) is 3.44. The van der Waals surface area contributed by atoms with Crippen LogP contribution in [-0.4, -0.2) is 34.0 Å². The molecule has 4 unspecified atom stereocenters. The Labute approximate surface area is 238 Å². The fourth-order valence-electron chi connectivity index (χ4n) is 7.49. The summed E-state index contributed by atoms with van der Waals surface area (Å²) < 4.78 is 0. The summed E-state index contributed by atoms with van der Waals surface area (Å²) in [5, 5.41) is 39.0. The molecule has 12 heteroatoms. The lowest BCUT2D eigenvalue weighted by molar-refractivity contribution is -0.991. The minimum atomic E-state index is -1.31. The van der Waals surface area contributed by atoms with E-state index in [-0.39, 0.29) is 22.7 Å². The molecule has 212 valence electrons. The summed E-state index contributed by atoms with van der Waals surface area (Å²) in [5.41, 5.74) is -0.251. The van der Waals surface area contributed by atoms with Crippen molar-refractivity contribution in [2.45, 2.75) is 5.41 Å². The van der Waals surface area contributed by atoms with Crippen molar-refractivity contribution >= 4 is 46.4 Å². The Morgan fingerprint density at radius 1 is 0.619 bits per heavy atom. The van der Waals surface area contributed by atoms with Crippen LogP contribution in [0.25, 0.3) is 0 Å². The van der Waals surface area contributed by atoms with E-state index in [1.165, 1.54) is 48.5 Å². The molecule has 4 N–H and O–H groups in total. The summed E-state index contributed by atoms with van der Waals surface area (Å²) in [5.74, 6) is -6.59. The van der Waals surface area contributed by atoms with Crippen molar-refractivity contribution in [2.75, 3.05) is 9.80 Å². The normalized spacial score (nSPS) is 31.0. The molecule has 12 nitrogen and oxygen atoms in total. The van der Waals surface area contributed by atoms with E-state index in [1.807, 2.05) is 0 Å². The van der Waals surface area contributed by atoms with Crippen molar-refractivity contribution < 1.29 is 40.0 Å². The summed E-state index contributed by atoms with van der Waals surface area (Å²) in [4.78, 5) is 58.7. The van der Waals surface area contributed by atoms with Gasteiger partial charge in [0.25, 0.3) is 0 Å². The molecular formula is C30H24N4O8. The molecule has 3 fully saturated rings. The largest absolute Gasteiger partial charge is 0.595 e. The maximum absolute atomic E-state index is 14.3. The monoisotopic (exact) mass is 568 g/mol. The van der Waals surface area contributed by atoms with Gasteiger partial charge in [-0.05, 0) is 29.8 Å². The third kappa shape index (κ3) is 3.38. The Bertz CT molecular complexity index is 1560. The van der Waals surface area contributed by atoms with Crippen molar-refractivity contribution in [1.29, 1.82) is 0 Å². The SMILES string of the molecule is O=C1[C@@H]2C3C=CC(c4ccccc4)([C@@H]2C(=O)N1c1ccc([NH+]([O-])O)cc1)[C@H]1C(=O)N(c2ccc([NH+]([O-])O)cc2)C(=O)[C@@H]31. The molecule has 8 atom stereocenters. The highest BCUT2D eigenvalue weighted by molar-refractivity contribution is 6.27. The number of carbonyl (C=O) groups is 4. The molecule has 0 radical (unpaired) electrons. The number of carbonyl (C=O) groups excluding carboxylic acids is 4. The second kappa shape index (κ2) is 9.22. The van der Waals surface area contributed by atoms with E-state index in [4.69, 9.17) is 0 Å². The zero-order chi connectivity index (χ0) is 29.5. The molecular weight excluding hydrogens is 544 g/mol. The van der Waals surface area contributed by atoms with Crippen molar-refractivity contribution in [2.24, 2.45) is 29.6 Å². The highest BCUT2D eigenvalue weighted by atomic mass is 16.8. The van der Waals surface area contributed by atoms with Gasteiger partial charge in [-0.15, -0.1) is 0 Å². The van der Waals surface area contributed by atoms with Crippen molar-refractivity contribution in [3.05, 3.63) is 107 Å². The molecule has 3 aromatic rings. The smallest absolute Gasteiger partial charge is 0.238 e. The number of nitrogens with one attached hydrogen (secondary N) is 2. The first-order valence-corrected chi connectivity index (χ1v) is 13.3. The van der Waals surface area contributed by atoms with Gasteiger partial charge in [0.15, 0.2) is 11.4 Å². The number of hydrogen-bond donors (Lipinski definition) is 4. The molecule has 0 aromatic heterocycles. The molecule has 2 saturated heterocycles. The first-order chi connectivity index (χ1) is 20.2. The number of quaternary nitrogens is 2. The van der Waals surface area contributed by atoms with E-state index in [0.717, 1.165) is 9.80 Å². The topological polar surface area (TPSA) is 170 Å². The zero-order valence-electron chi connectivity index (χ0n) is 21.8. The molecule has 2 aliphatic heterocycles. The number of amides is 4. The molecule has 8 rings (SSSR count). The van der Waals surface area contributed by atoms with Gasteiger partial charge in [0.05, 0.1) is 35.0 Å². The van der Waals surface area contributed by atoms with Gasteiger partial charge < -0.3 is 10.4 Å². The van der Waals surface area contributed by atoms with Gasteiger partial charge in [-0.2, -0.15) is 10.5 Å². The minimum Gasteiger partial charge on any atom is -0.595 e. The van der Waals surface area contributed by atoms with Crippen LogP contribution in [-0.2, 0) is 24.6 Å². The van der Waals surface area contributed by atoms with Crippen LogP contribution in [0, 0.1) is 40.0 Å². The van der Waals surface area contributed by atoms with E-state index in [2.05, 4.69) is 0 Å². The van der Waals surface area contributed by atoms with Gasteiger partial charge in [0, 0.05) is 35.6 Å². The predicted molar refractivity (Wildman–Crippen MR) is 144 cm³/mol. The van der Waals surface area contributed by atoms with E-state index >= 15 is 0 Å². The Balaban J connectivity index is 1.36. The maximum Gasteiger partial charge on any atom is 0.238 e. The summed E-state index contributed by atoms with van der Waals surface area (Å²) in [6, 6.07) is 19.8.